The van der Waals surface area contributed by atoms with Crippen LogP contribution in [-0.2, 0) is 25.2 Å². The van der Waals surface area contributed by atoms with Crippen molar-refractivity contribution in [2.45, 2.75) is 116 Å². The standard InChI is InChI=1S/C35H47Cl2N5O4/c1-11-25(46-26-20-19-22(32(7,8)12-2)21-24(26)33(9,10)13-3)27(43)39-35(40-30(36)41-42-35)34(37,28(44)31(4,5)6)29(45)38-23-17-15-14-16-18-23/h14-21,25H,11-13H2,1-10H3,(H,38,45)(H,39,43). The van der Waals surface area contributed by atoms with E-state index in [9.17, 15) is 14.4 Å². The second-order valence-electron chi connectivity index (χ2n) is 14.0. The Morgan fingerprint density at radius 2 is 1.52 bits per heavy atom. The Hall–Kier alpha value is -3.30. The smallest absolute Gasteiger partial charge is 0.285 e. The average molecular weight is 673 g/mol. The zero-order valence-corrected chi connectivity index (χ0v) is 30.1. The first kappa shape index (κ1) is 37.2. The average Bonchev–Trinajstić information content (AvgIpc) is 3.39. The molecule has 11 heteroatoms. The number of hydrogen-bond donors (Lipinski definition) is 2. The third-order valence-electron chi connectivity index (χ3n) is 8.84. The molecule has 2 aromatic carbocycles. The number of azo groups is 1. The van der Waals surface area contributed by atoms with Crippen molar-refractivity contribution in [2.24, 2.45) is 20.6 Å². The minimum Gasteiger partial charge on any atom is -0.480 e. The first-order valence-electron chi connectivity index (χ1n) is 15.7. The fraction of sp³-hybridized carbons (Fsp3) is 0.543. The number of anilines is 1. The molecule has 0 saturated carbocycles. The maximum absolute atomic E-state index is 14.1. The van der Waals surface area contributed by atoms with Crippen LogP contribution in [-0.4, -0.2) is 39.7 Å². The lowest BCUT2D eigenvalue weighted by atomic mass is 9.76. The summed E-state index contributed by atoms with van der Waals surface area (Å²) in [5.41, 5.74) is 1.03. The van der Waals surface area contributed by atoms with Crippen molar-refractivity contribution < 1.29 is 19.1 Å². The quantitative estimate of drug-likeness (QED) is 0.126. The number of Topliss-reactive ketones (excluding diaryl/α,β-unsaturated/α-hetero) is 1. The summed E-state index contributed by atoms with van der Waals surface area (Å²) in [7, 11) is 0. The number of carbonyl (C=O) groups excluding carboxylic acids is 3. The molecule has 3 unspecified atom stereocenters. The van der Waals surface area contributed by atoms with Crippen molar-refractivity contribution in [1.29, 1.82) is 0 Å². The molecule has 2 amide bonds. The van der Waals surface area contributed by atoms with Crippen LogP contribution in [0.1, 0.15) is 99.6 Å². The van der Waals surface area contributed by atoms with Crippen molar-refractivity contribution in [3.05, 3.63) is 59.7 Å². The normalized spacial score (nSPS) is 18.7. The van der Waals surface area contributed by atoms with Gasteiger partial charge in [0.1, 0.15) is 5.75 Å². The van der Waals surface area contributed by atoms with E-state index in [0.717, 1.165) is 18.4 Å². The fourth-order valence-electron chi connectivity index (χ4n) is 4.96. The summed E-state index contributed by atoms with van der Waals surface area (Å²) in [6.07, 6.45) is 0.952. The second kappa shape index (κ2) is 13.8. The minimum absolute atomic E-state index is 0.0562. The SMILES string of the molecule is CCC(Oc1ccc(C(C)(C)CC)cc1C(C)(C)CC)C(=O)NC1(C(Cl)(C(=O)Nc2ccccc2)C(=O)C(C)(C)C)N=NC(Cl)=N1. The number of halogens is 2. The van der Waals surface area contributed by atoms with Gasteiger partial charge in [0.2, 0.25) is 10.2 Å². The fourth-order valence-corrected chi connectivity index (χ4v) is 5.58. The molecule has 46 heavy (non-hydrogen) atoms. The van der Waals surface area contributed by atoms with Gasteiger partial charge in [-0.3, -0.25) is 14.4 Å². The van der Waals surface area contributed by atoms with E-state index in [4.69, 9.17) is 27.9 Å². The Labute approximate surface area is 283 Å². The van der Waals surface area contributed by atoms with Gasteiger partial charge in [0, 0.05) is 16.7 Å². The van der Waals surface area contributed by atoms with Crippen LogP contribution in [0.4, 0.5) is 5.69 Å². The van der Waals surface area contributed by atoms with Crippen molar-refractivity contribution in [3.63, 3.8) is 0 Å². The second-order valence-corrected chi connectivity index (χ2v) is 14.9. The number of aliphatic imine (C=N–C) groups is 1. The van der Waals surface area contributed by atoms with Gasteiger partial charge in [0.05, 0.1) is 0 Å². The van der Waals surface area contributed by atoms with Gasteiger partial charge in [-0.15, -0.1) is 10.2 Å². The van der Waals surface area contributed by atoms with Gasteiger partial charge < -0.3 is 15.4 Å². The molecular weight excluding hydrogens is 625 g/mol. The molecule has 3 atom stereocenters. The highest BCUT2D eigenvalue weighted by Crippen LogP contribution is 2.43. The van der Waals surface area contributed by atoms with Crippen LogP contribution in [0.15, 0.2) is 63.8 Å². The van der Waals surface area contributed by atoms with E-state index in [-0.39, 0.29) is 22.5 Å². The molecule has 0 bridgehead atoms. The molecule has 0 aromatic heterocycles. The zero-order chi connectivity index (χ0) is 34.7. The number of rotatable bonds is 13. The van der Waals surface area contributed by atoms with E-state index in [1.807, 2.05) is 12.1 Å². The Balaban J connectivity index is 2.09. The molecule has 2 aromatic rings. The minimum atomic E-state index is -2.59. The highest BCUT2D eigenvalue weighted by atomic mass is 35.5. The molecule has 9 nitrogen and oxygen atoms in total. The number of benzene rings is 2. The Bertz CT molecular complexity index is 1520. The van der Waals surface area contributed by atoms with Crippen LogP contribution < -0.4 is 15.4 Å². The molecule has 0 radical (unpaired) electrons. The predicted molar refractivity (Wildman–Crippen MR) is 185 cm³/mol. The maximum Gasteiger partial charge on any atom is 0.285 e. The first-order valence-corrected chi connectivity index (χ1v) is 16.5. The molecular formula is C35H47Cl2N5O4. The molecule has 1 aliphatic heterocycles. The van der Waals surface area contributed by atoms with Gasteiger partial charge in [0.25, 0.3) is 17.6 Å². The first-order chi connectivity index (χ1) is 21.3. The lowest BCUT2D eigenvalue weighted by Crippen LogP contribution is -2.70. The topological polar surface area (TPSA) is 122 Å². The molecule has 3 rings (SSSR count). The summed E-state index contributed by atoms with van der Waals surface area (Å²) in [5, 5.41) is 12.8. The van der Waals surface area contributed by atoms with Crippen LogP contribution in [0.3, 0.4) is 0 Å². The Morgan fingerprint density at radius 1 is 0.913 bits per heavy atom. The van der Waals surface area contributed by atoms with E-state index < -0.39 is 39.8 Å². The van der Waals surface area contributed by atoms with Gasteiger partial charge in [-0.25, -0.2) is 0 Å². The summed E-state index contributed by atoms with van der Waals surface area (Å²) >= 11 is 13.3. The number of alkyl halides is 1. The number of amides is 2. The Morgan fingerprint density at radius 3 is 2.02 bits per heavy atom. The van der Waals surface area contributed by atoms with Crippen molar-refractivity contribution >= 4 is 51.8 Å². The van der Waals surface area contributed by atoms with Crippen LogP contribution in [0.5, 0.6) is 5.75 Å². The summed E-state index contributed by atoms with van der Waals surface area (Å²) in [5.74, 6) is -4.25. The van der Waals surface area contributed by atoms with Gasteiger partial charge in [-0.2, -0.15) is 4.99 Å². The summed E-state index contributed by atoms with van der Waals surface area (Å²) in [6.45, 7) is 19.5. The van der Waals surface area contributed by atoms with Gasteiger partial charge in [-0.05, 0) is 65.5 Å². The highest BCUT2D eigenvalue weighted by Gasteiger charge is 2.67. The Kier molecular flexibility index (Phi) is 11.2. The number of hydrogen-bond acceptors (Lipinski definition) is 7. The molecule has 250 valence electrons. The molecule has 2 N–H and O–H groups in total. The summed E-state index contributed by atoms with van der Waals surface area (Å²) in [6, 6.07) is 14.6. The van der Waals surface area contributed by atoms with E-state index in [2.05, 4.69) is 73.5 Å². The van der Waals surface area contributed by atoms with Crippen LogP contribution in [0.25, 0.3) is 0 Å². The third kappa shape index (κ3) is 7.46. The zero-order valence-electron chi connectivity index (χ0n) is 28.5. The molecule has 0 aliphatic carbocycles. The largest absolute Gasteiger partial charge is 0.480 e. The number of ketones is 1. The van der Waals surface area contributed by atoms with Gasteiger partial charge in [-0.1, -0.05) is 111 Å². The van der Waals surface area contributed by atoms with Gasteiger partial charge in [0.15, 0.2) is 11.9 Å². The maximum atomic E-state index is 14.1. The summed E-state index contributed by atoms with van der Waals surface area (Å²) in [4.78, 5) is 43.8. The predicted octanol–water partition coefficient (Wildman–Crippen LogP) is 8.28. The van der Waals surface area contributed by atoms with Crippen molar-refractivity contribution in [3.8, 4) is 5.75 Å². The third-order valence-corrected chi connectivity index (χ3v) is 9.61. The molecule has 0 fully saturated rings. The number of nitrogens with zero attached hydrogens (tertiary/aromatic N) is 3. The van der Waals surface area contributed by atoms with Crippen LogP contribution >= 0.6 is 23.2 Å². The van der Waals surface area contributed by atoms with E-state index in [0.29, 0.717) is 11.4 Å². The number of ether oxygens (including phenoxy) is 1. The molecule has 0 saturated heterocycles. The highest BCUT2D eigenvalue weighted by molar-refractivity contribution is 6.65. The number of carbonyl (C=O) groups is 3. The van der Waals surface area contributed by atoms with Crippen LogP contribution in [0.2, 0.25) is 0 Å². The van der Waals surface area contributed by atoms with Crippen molar-refractivity contribution in [1.82, 2.24) is 5.32 Å². The molecule has 1 aliphatic rings. The number of nitrogens with one attached hydrogen (secondary N) is 2. The van der Waals surface area contributed by atoms with Crippen LogP contribution in [0, 0.1) is 5.41 Å². The lowest BCUT2D eigenvalue weighted by molar-refractivity contribution is -0.139. The van der Waals surface area contributed by atoms with E-state index in [1.54, 1.807) is 58.0 Å². The summed E-state index contributed by atoms with van der Waals surface area (Å²) < 4.78 is 6.43. The van der Waals surface area contributed by atoms with E-state index in [1.165, 1.54) is 5.56 Å². The van der Waals surface area contributed by atoms with Crippen molar-refractivity contribution in [2.75, 3.05) is 5.32 Å². The lowest BCUT2D eigenvalue weighted by Gasteiger charge is -2.40. The molecule has 0 spiro atoms. The van der Waals surface area contributed by atoms with E-state index >= 15 is 0 Å². The monoisotopic (exact) mass is 671 g/mol. The molecule has 1 heterocycles. The van der Waals surface area contributed by atoms with Gasteiger partial charge >= 0.3 is 0 Å². The number of para-hydroxylation sites is 1. The number of amidine groups is 1.